The van der Waals surface area contributed by atoms with Crippen LogP contribution in [0.1, 0.15) is 12.0 Å². The number of hydrogen-bond acceptors (Lipinski definition) is 4. The molecule has 0 aliphatic rings. The summed E-state index contributed by atoms with van der Waals surface area (Å²) in [5, 5.41) is 8.49. The number of benzene rings is 1. The maximum Gasteiger partial charge on any atom is 0.539 e. The monoisotopic (exact) mass is 228 g/mol. The Labute approximate surface area is 87.3 Å². The van der Waals surface area contributed by atoms with E-state index in [9.17, 15) is 14.3 Å². The molecule has 1 aromatic rings. The Kier molecular flexibility index (Phi) is 4.21. The first-order valence-corrected chi connectivity index (χ1v) is 5.31. The molecule has 0 bridgehead atoms. The topological polar surface area (TPSA) is 86.7 Å². The van der Waals surface area contributed by atoms with Crippen molar-refractivity contribution in [3.8, 4) is 5.75 Å². The Balaban J connectivity index is 2.76. The zero-order chi connectivity index (χ0) is 11.3. The van der Waals surface area contributed by atoms with Gasteiger partial charge in [0.25, 0.3) is 0 Å². The van der Waals surface area contributed by atoms with E-state index < -0.39 is 14.2 Å². The van der Waals surface area contributed by atoms with Gasteiger partial charge in [-0.05, 0) is 17.1 Å². The molecule has 0 amide bonds. The lowest BCUT2D eigenvalue weighted by Crippen LogP contribution is -2.00. The summed E-state index contributed by atoms with van der Waals surface area (Å²) in [6.45, 7) is 0. The molecule has 15 heavy (non-hydrogen) atoms. The first-order valence-electron chi connectivity index (χ1n) is 4.21. The number of carbonyl (C=O) groups is 1. The first kappa shape index (κ1) is 11.6. The molecule has 5 nitrogen and oxygen atoms in total. The molecule has 0 fully saturated rings. The highest BCUT2D eigenvalue weighted by molar-refractivity contribution is 7.31. The van der Waals surface area contributed by atoms with Crippen molar-refractivity contribution in [2.24, 2.45) is 0 Å². The number of para-hydroxylation sites is 1. The Morgan fingerprint density at radius 1 is 1.47 bits per heavy atom. The van der Waals surface area contributed by atoms with Crippen molar-refractivity contribution in [3.63, 3.8) is 0 Å². The van der Waals surface area contributed by atoms with Gasteiger partial charge in [-0.2, -0.15) is 0 Å². The summed E-state index contributed by atoms with van der Waals surface area (Å²) in [4.78, 5) is 20.7. The fourth-order valence-electron chi connectivity index (χ4n) is 1.12. The summed E-state index contributed by atoms with van der Waals surface area (Å²) in [5.41, 5.74) is 0.569. The van der Waals surface area contributed by atoms with Crippen molar-refractivity contribution in [1.29, 1.82) is 0 Å². The molecule has 0 aromatic heterocycles. The van der Waals surface area contributed by atoms with Gasteiger partial charge in [0.05, 0.1) is 0 Å². The van der Waals surface area contributed by atoms with E-state index in [0.717, 1.165) is 0 Å². The molecule has 1 N–H and O–H groups in total. The van der Waals surface area contributed by atoms with Crippen molar-refractivity contribution in [2.75, 3.05) is 0 Å². The number of carboxylic acid groups (broad SMARTS) is 1. The summed E-state index contributed by atoms with van der Waals surface area (Å²) in [6, 6.07) is 6.44. The van der Waals surface area contributed by atoms with Gasteiger partial charge in [-0.1, -0.05) is 18.2 Å². The number of hydrogen-bond donors (Lipinski definition) is 1. The van der Waals surface area contributed by atoms with Crippen molar-refractivity contribution in [3.05, 3.63) is 29.8 Å². The molecule has 0 saturated heterocycles. The molecular weight excluding hydrogens is 219 g/mol. The van der Waals surface area contributed by atoms with Crippen LogP contribution in [-0.2, 0) is 15.8 Å². The first-order chi connectivity index (χ1) is 7.09. The van der Waals surface area contributed by atoms with Gasteiger partial charge in [-0.3, -0.25) is 9.32 Å². The van der Waals surface area contributed by atoms with Crippen LogP contribution in [0.15, 0.2) is 24.3 Å². The molecule has 1 rings (SSSR count). The summed E-state index contributed by atoms with van der Waals surface area (Å²) in [7, 11) is -2.97. The molecule has 0 heterocycles. The highest BCUT2D eigenvalue weighted by Gasteiger charge is 2.11. The number of aryl methyl sites for hydroxylation is 1. The van der Waals surface area contributed by atoms with Crippen LogP contribution in [0.4, 0.5) is 0 Å². The van der Waals surface area contributed by atoms with Crippen LogP contribution in [-0.4, -0.2) is 11.1 Å². The van der Waals surface area contributed by atoms with E-state index in [1.807, 2.05) is 0 Å². The number of aliphatic carboxylic acids is 1. The van der Waals surface area contributed by atoms with Crippen LogP contribution >= 0.6 is 8.25 Å². The van der Waals surface area contributed by atoms with E-state index in [4.69, 9.17) is 5.11 Å². The van der Waals surface area contributed by atoms with Crippen LogP contribution in [0.2, 0.25) is 0 Å². The smallest absolute Gasteiger partial charge is 0.539 e. The number of rotatable bonds is 5. The summed E-state index contributed by atoms with van der Waals surface area (Å²) < 4.78 is 14.9. The normalized spacial score (nSPS) is 10.9. The molecule has 0 radical (unpaired) electrons. The average Bonchev–Trinajstić information content (AvgIpc) is 2.15. The zero-order valence-electron chi connectivity index (χ0n) is 7.75. The van der Waals surface area contributed by atoms with Gasteiger partial charge in [-0.15, -0.1) is 0 Å². The van der Waals surface area contributed by atoms with Gasteiger partial charge in [0.15, 0.2) is 5.75 Å². The van der Waals surface area contributed by atoms with E-state index in [1.165, 1.54) is 6.07 Å². The standard InChI is InChI=1S/C9H9O5P/c10-9(11)6-5-7-3-1-2-4-8(7)14-15(12)13/h1-4H,5-6H2,(H,10,11). The predicted molar refractivity (Wildman–Crippen MR) is 50.6 cm³/mol. The molecule has 1 aromatic carbocycles. The van der Waals surface area contributed by atoms with E-state index in [-0.39, 0.29) is 18.6 Å². The Morgan fingerprint density at radius 2 is 2.13 bits per heavy atom. The van der Waals surface area contributed by atoms with E-state index >= 15 is 0 Å². The van der Waals surface area contributed by atoms with E-state index in [1.54, 1.807) is 18.2 Å². The van der Waals surface area contributed by atoms with Crippen molar-refractivity contribution in [1.82, 2.24) is 0 Å². The molecule has 0 spiro atoms. The van der Waals surface area contributed by atoms with Crippen molar-refractivity contribution in [2.45, 2.75) is 12.8 Å². The summed E-state index contributed by atoms with van der Waals surface area (Å²) >= 11 is 0. The summed E-state index contributed by atoms with van der Waals surface area (Å²) in [6.07, 6.45) is 0.185. The second-order valence-corrected chi connectivity index (χ2v) is 3.45. The Hall–Kier alpha value is -1.45. The lowest BCUT2D eigenvalue weighted by Gasteiger charge is -2.02. The second kappa shape index (κ2) is 5.44. The van der Waals surface area contributed by atoms with Gasteiger partial charge in [0.2, 0.25) is 0 Å². The molecule has 6 heteroatoms. The summed E-state index contributed by atoms with van der Waals surface area (Å²) in [5.74, 6) is -0.744. The molecule has 1 unspecified atom stereocenters. The van der Waals surface area contributed by atoms with Gasteiger partial charge in [0.1, 0.15) is 0 Å². The van der Waals surface area contributed by atoms with Crippen LogP contribution in [0.3, 0.4) is 0 Å². The SMILES string of the molecule is O=C(O)CCc1ccccc1O[P+](=O)[O-]. The lowest BCUT2D eigenvalue weighted by atomic mass is 10.1. The van der Waals surface area contributed by atoms with Gasteiger partial charge < -0.3 is 10.00 Å². The minimum Gasteiger partial charge on any atom is -0.558 e. The molecule has 0 saturated carbocycles. The van der Waals surface area contributed by atoms with Gasteiger partial charge >= 0.3 is 14.2 Å². The van der Waals surface area contributed by atoms with Crippen LogP contribution in [0.5, 0.6) is 5.75 Å². The van der Waals surface area contributed by atoms with Crippen molar-refractivity contribution < 1.29 is 23.9 Å². The molecule has 0 aliphatic carbocycles. The predicted octanol–water partition coefficient (Wildman–Crippen LogP) is 1.10. The van der Waals surface area contributed by atoms with Crippen molar-refractivity contribution >= 4 is 14.2 Å². The maximum atomic E-state index is 10.4. The highest BCUT2D eigenvalue weighted by atomic mass is 31.1. The fourth-order valence-corrected chi connectivity index (χ4v) is 1.46. The minimum atomic E-state index is -2.97. The highest BCUT2D eigenvalue weighted by Crippen LogP contribution is 2.25. The third-order valence-corrected chi connectivity index (χ3v) is 2.10. The second-order valence-electron chi connectivity index (χ2n) is 2.82. The van der Waals surface area contributed by atoms with Crippen LogP contribution in [0, 0.1) is 0 Å². The Bertz CT molecular complexity index is 377. The molecule has 0 aliphatic heterocycles. The minimum absolute atomic E-state index is 0.0595. The zero-order valence-corrected chi connectivity index (χ0v) is 8.65. The fraction of sp³-hybridized carbons (Fsp3) is 0.222. The van der Waals surface area contributed by atoms with E-state index in [2.05, 4.69) is 4.52 Å². The average molecular weight is 228 g/mol. The van der Waals surface area contributed by atoms with Gasteiger partial charge in [-0.25, -0.2) is 0 Å². The Morgan fingerprint density at radius 3 is 2.73 bits per heavy atom. The quantitative estimate of drug-likeness (QED) is 0.762. The molecule has 1 atom stereocenters. The third-order valence-electron chi connectivity index (χ3n) is 1.75. The van der Waals surface area contributed by atoms with Crippen LogP contribution in [0.25, 0.3) is 0 Å². The lowest BCUT2D eigenvalue weighted by molar-refractivity contribution is -0.178. The molecular formula is C9H9O5P. The third kappa shape index (κ3) is 4.06. The van der Waals surface area contributed by atoms with Crippen LogP contribution < -0.4 is 9.42 Å². The number of carboxylic acids is 1. The largest absolute Gasteiger partial charge is 0.558 e. The van der Waals surface area contributed by atoms with Gasteiger partial charge in [0, 0.05) is 12.0 Å². The maximum absolute atomic E-state index is 10.4. The molecule has 80 valence electrons. The van der Waals surface area contributed by atoms with E-state index in [0.29, 0.717) is 5.56 Å².